The minimum absolute atomic E-state index is 0.177. The summed E-state index contributed by atoms with van der Waals surface area (Å²) < 4.78 is 32.8. The number of phosphoric ester groups is 1. The maximum Gasteiger partial charge on any atom is 0.472 e. The van der Waals surface area contributed by atoms with E-state index in [-0.39, 0.29) is 19.4 Å². The van der Waals surface area contributed by atoms with Crippen molar-refractivity contribution in [3.8, 4) is 0 Å². The van der Waals surface area contributed by atoms with Gasteiger partial charge in [0.15, 0.2) is 6.10 Å². The third kappa shape index (κ3) is 43.8. The highest BCUT2D eigenvalue weighted by Crippen LogP contribution is 2.43. The van der Waals surface area contributed by atoms with Gasteiger partial charge in [-0.05, 0) is 77.0 Å². The standard InChI is InChI=1S/C48H87O10P/c1-3-5-7-9-11-13-15-17-19-21-22-24-26-28-30-32-34-36-38-40-48(52)58-46(44-57-59(53,54)56-42-45(50)41-49)43-55-47(51)39-37-35-33-31-29-27-25-23-20-18-16-14-12-10-8-6-4-2/h11-14,17-20,45-46,49-50H,3-10,15-16,21-44H2,1-2H3,(H,53,54)/b13-11-,14-12-,19-17-,20-18-/t45-,46+/m0/s1. The summed E-state index contributed by atoms with van der Waals surface area (Å²) in [6, 6.07) is 0. The van der Waals surface area contributed by atoms with Crippen LogP contribution in [0.4, 0.5) is 0 Å². The van der Waals surface area contributed by atoms with Crippen LogP contribution < -0.4 is 0 Å². The Bertz CT molecular complexity index is 1120. The second-order valence-electron chi connectivity index (χ2n) is 15.8. The second-order valence-corrected chi connectivity index (χ2v) is 17.2. The van der Waals surface area contributed by atoms with Crippen LogP contribution in [0.5, 0.6) is 0 Å². The number of hydrogen-bond donors (Lipinski definition) is 3. The highest BCUT2D eigenvalue weighted by Gasteiger charge is 2.27. The summed E-state index contributed by atoms with van der Waals surface area (Å²) in [7, 11) is -4.62. The van der Waals surface area contributed by atoms with E-state index in [0.717, 1.165) is 64.2 Å². The molecule has 0 aromatic rings. The molecule has 0 aliphatic carbocycles. The zero-order valence-electron chi connectivity index (χ0n) is 37.5. The van der Waals surface area contributed by atoms with Crippen LogP contribution in [0, 0.1) is 0 Å². The summed E-state index contributed by atoms with van der Waals surface area (Å²) in [6.07, 6.45) is 47.8. The Morgan fingerprint density at radius 2 is 0.881 bits per heavy atom. The molecule has 344 valence electrons. The van der Waals surface area contributed by atoms with Crippen molar-refractivity contribution in [2.75, 3.05) is 26.4 Å². The fraction of sp³-hybridized carbons (Fsp3) is 0.792. The van der Waals surface area contributed by atoms with E-state index < -0.39 is 51.8 Å². The summed E-state index contributed by atoms with van der Waals surface area (Å²) in [5.74, 6) is -0.936. The third-order valence-corrected chi connectivity index (χ3v) is 10.9. The Morgan fingerprint density at radius 3 is 1.31 bits per heavy atom. The van der Waals surface area contributed by atoms with Crippen LogP contribution in [0.15, 0.2) is 48.6 Å². The SMILES string of the molecule is CCCCC/C=C\C/C=C\CCCCCCCCCCCC(=O)O[C@H](COC(=O)CCCCCCCCC/C=C\C/C=C\CCCCC)COP(=O)(O)OC[C@@H](O)CO. The molecule has 0 aromatic heterocycles. The molecule has 0 aliphatic heterocycles. The second kappa shape index (κ2) is 44.0. The van der Waals surface area contributed by atoms with Gasteiger partial charge in [0.05, 0.1) is 19.8 Å². The van der Waals surface area contributed by atoms with Crippen molar-refractivity contribution >= 4 is 19.8 Å². The smallest absolute Gasteiger partial charge is 0.462 e. The number of allylic oxidation sites excluding steroid dienone is 8. The zero-order valence-corrected chi connectivity index (χ0v) is 38.4. The first-order valence-electron chi connectivity index (χ1n) is 23.6. The molecule has 0 heterocycles. The van der Waals surface area contributed by atoms with Crippen LogP contribution in [0.1, 0.15) is 206 Å². The predicted molar refractivity (Wildman–Crippen MR) is 242 cm³/mol. The van der Waals surface area contributed by atoms with Gasteiger partial charge < -0.3 is 24.6 Å². The number of unbranched alkanes of at least 4 members (excludes halogenated alkanes) is 22. The number of rotatable bonds is 44. The lowest BCUT2D eigenvalue weighted by molar-refractivity contribution is -0.161. The molecule has 10 nitrogen and oxygen atoms in total. The molecule has 3 atom stereocenters. The molecule has 0 fully saturated rings. The van der Waals surface area contributed by atoms with Crippen LogP contribution in [-0.2, 0) is 32.7 Å². The molecular formula is C48H87O10P. The quantitative estimate of drug-likeness (QED) is 0.0234. The van der Waals surface area contributed by atoms with Crippen LogP contribution in [0.2, 0.25) is 0 Å². The van der Waals surface area contributed by atoms with Gasteiger partial charge in [-0.1, -0.05) is 165 Å². The number of carbonyl (C=O) groups excluding carboxylic acids is 2. The van der Waals surface area contributed by atoms with Gasteiger partial charge in [-0.2, -0.15) is 0 Å². The lowest BCUT2D eigenvalue weighted by Crippen LogP contribution is -2.29. The Balaban J connectivity index is 4.26. The third-order valence-electron chi connectivity index (χ3n) is 9.96. The van der Waals surface area contributed by atoms with Crippen LogP contribution in [0.3, 0.4) is 0 Å². The Labute approximate surface area is 360 Å². The van der Waals surface area contributed by atoms with Crippen LogP contribution in [-0.4, -0.2) is 65.7 Å². The minimum atomic E-state index is -4.62. The molecule has 11 heteroatoms. The van der Waals surface area contributed by atoms with E-state index in [1.807, 2.05) is 0 Å². The van der Waals surface area contributed by atoms with Gasteiger partial charge in [0.1, 0.15) is 12.7 Å². The summed E-state index contributed by atoms with van der Waals surface area (Å²) >= 11 is 0. The number of phosphoric acid groups is 1. The highest BCUT2D eigenvalue weighted by atomic mass is 31.2. The molecular weight excluding hydrogens is 767 g/mol. The molecule has 0 radical (unpaired) electrons. The molecule has 0 saturated carbocycles. The van der Waals surface area contributed by atoms with E-state index in [4.69, 9.17) is 23.6 Å². The van der Waals surface area contributed by atoms with Crippen molar-refractivity contribution in [2.45, 2.75) is 219 Å². The molecule has 0 spiro atoms. The largest absolute Gasteiger partial charge is 0.472 e. The maximum atomic E-state index is 12.6. The lowest BCUT2D eigenvalue weighted by Gasteiger charge is -2.20. The average molecular weight is 855 g/mol. The van der Waals surface area contributed by atoms with E-state index in [9.17, 15) is 24.2 Å². The molecule has 0 bridgehead atoms. The van der Waals surface area contributed by atoms with E-state index in [0.29, 0.717) is 12.8 Å². The Hall–Kier alpha value is -2.07. The van der Waals surface area contributed by atoms with E-state index in [1.54, 1.807) is 0 Å². The van der Waals surface area contributed by atoms with Crippen molar-refractivity contribution in [2.24, 2.45) is 0 Å². The summed E-state index contributed by atoms with van der Waals surface area (Å²) in [6.45, 7) is 2.33. The van der Waals surface area contributed by atoms with Gasteiger partial charge >= 0.3 is 19.8 Å². The van der Waals surface area contributed by atoms with Gasteiger partial charge in [-0.15, -0.1) is 0 Å². The van der Waals surface area contributed by atoms with E-state index >= 15 is 0 Å². The van der Waals surface area contributed by atoms with Crippen molar-refractivity contribution in [3.05, 3.63) is 48.6 Å². The topological polar surface area (TPSA) is 149 Å². The first-order chi connectivity index (χ1) is 28.7. The fourth-order valence-electron chi connectivity index (χ4n) is 6.29. The first kappa shape index (κ1) is 56.9. The normalized spacial score (nSPS) is 14.2. The number of aliphatic hydroxyl groups is 2. The molecule has 59 heavy (non-hydrogen) atoms. The number of aliphatic hydroxyl groups excluding tert-OH is 2. The van der Waals surface area contributed by atoms with Crippen molar-refractivity contribution in [3.63, 3.8) is 0 Å². The molecule has 0 amide bonds. The van der Waals surface area contributed by atoms with Gasteiger partial charge in [0, 0.05) is 12.8 Å². The number of carbonyl (C=O) groups is 2. The van der Waals surface area contributed by atoms with Crippen molar-refractivity contribution in [1.29, 1.82) is 0 Å². The molecule has 0 rings (SSSR count). The number of esters is 2. The minimum Gasteiger partial charge on any atom is -0.462 e. The molecule has 0 saturated heterocycles. The van der Waals surface area contributed by atoms with E-state index in [2.05, 4.69) is 62.5 Å². The molecule has 0 aromatic carbocycles. The Morgan fingerprint density at radius 1 is 0.508 bits per heavy atom. The first-order valence-corrected chi connectivity index (χ1v) is 25.1. The number of ether oxygens (including phenoxy) is 2. The fourth-order valence-corrected chi connectivity index (χ4v) is 7.08. The lowest BCUT2D eigenvalue weighted by atomic mass is 10.1. The average Bonchev–Trinajstić information content (AvgIpc) is 3.22. The molecule has 0 aliphatic rings. The van der Waals surface area contributed by atoms with Crippen LogP contribution >= 0.6 is 7.82 Å². The van der Waals surface area contributed by atoms with Crippen LogP contribution in [0.25, 0.3) is 0 Å². The summed E-state index contributed by atoms with van der Waals surface area (Å²) in [5, 5.41) is 18.4. The van der Waals surface area contributed by atoms with Gasteiger partial charge in [-0.25, -0.2) is 4.57 Å². The monoisotopic (exact) mass is 855 g/mol. The maximum absolute atomic E-state index is 12.6. The Kier molecular flexibility index (Phi) is 42.5. The van der Waals surface area contributed by atoms with Gasteiger partial charge in [0.25, 0.3) is 0 Å². The van der Waals surface area contributed by atoms with E-state index in [1.165, 1.54) is 103 Å². The molecule has 3 N–H and O–H groups in total. The summed E-state index contributed by atoms with van der Waals surface area (Å²) in [5.41, 5.74) is 0. The van der Waals surface area contributed by atoms with Gasteiger partial charge in [-0.3, -0.25) is 18.6 Å². The van der Waals surface area contributed by atoms with Gasteiger partial charge in [0.2, 0.25) is 0 Å². The molecule has 1 unspecified atom stereocenters. The highest BCUT2D eigenvalue weighted by molar-refractivity contribution is 7.47. The van der Waals surface area contributed by atoms with Crippen molar-refractivity contribution in [1.82, 2.24) is 0 Å². The number of hydrogen-bond acceptors (Lipinski definition) is 9. The van der Waals surface area contributed by atoms with Crippen molar-refractivity contribution < 1.29 is 47.8 Å². The predicted octanol–water partition coefficient (Wildman–Crippen LogP) is 12.9. The summed E-state index contributed by atoms with van der Waals surface area (Å²) in [4.78, 5) is 35.1. The zero-order chi connectivity index (χ0) is 43.3.